The van der Waals surface area contributed by atoms with Gasteiger partial charge < -0.3 is 20.4 Å². The highest BCUT2D eigenvalue weighted by atomic mass is 16.6. The lowest BCUT2D eigenvalue weighted by atomic mass is 9.95. The fraction of sp³-hybridized carbons (Fsp3) is 0.238. The second-order valence-electron chi connectivity index (χ2n) is 6.68. The summed E-state index contributed by atoms with van der Waals surface area (Å²) in [7, 11) is 0. The van der Waals surface area contributed by atoms with E-state index >= 15 is 0 Å². The maximum absolute atomic E-state index is 12.8. The molecule has 0 aromatic heterocycles. The summed E-state index contributed by atoms with van der Waals surface area (Å²) in [5.74, 6) is -1.94. The molecule has 0 aliphatic carbocycles. The van der Waals surface area contributed by atoms with Crippen LogP contribution in [0.25, 0.3) is 5.76 Å². The quantitative estimate of drug-likeness (QED) is 0.150. The smallest absolute Gasteiger partial charge is 0.295 e. The number of carbonyl (C=O) groups is 2. The molecule has 0 spiro atoms. The first-order valence-electron chi connectivity index (χ1n) is 9.35. The number of likely N-dealkylation sites (tertiary alicyclic amines) is 1. The highest BCUT2D eigenvalue weighted by Gasteiger charge is 2.45. The van der Waals surface area contributed by atoms with Gasteiger partial charge in [0, 0.05) is 37.3 Å². The van der Waals surface area contributed by atoms with Crippen LogP contribution in [0, 0.1) is 10.1 Å². The zero-order valence-electron chi connectivity index (χ0n) is 16.0. The predicted octanol–water partition coefficient (Wildman–Crippen LogP) is 1.60. The van der Waals surface area contributed by atoms with Crippen LogP contribution < -0.4 is 5.32 Å². The molecule has 0 bridgehead atoms. The van der Waals surface area contributed by atoms with E-state index in [2.05, 4.69) is 5.32 Å². The van der Waals surface area contributed by atoms with Gasteiger partial charge in [-0.3, -0.25) is 19.7 Å². The summed E-state index contributed by atoms with van der Waals surface area (Å²) in [4.78, 5) is 37.2. The molecule has 156 valence electrons. The SMILES string of the molecule is O=C1C(=O)N(CCNCCO)[C@H](c2ccccc2)C1=C(O)c1ccc([N+](=O)[O-])cc1. The molecule has 3 N–H and O–H groups in total. The highest BCUT2D eigenvalue weighted by Crippen LogP contribution is 2.39. The van der Waals surface area contributed by atoms with E-state index in [-0.39, 0.29) is 35.7 Å². The third-order valence-corrected chi connectivity index (χ3v) is 4.82. The van der Waals surface area contributed by atoms with Gasteiger partial charge in [-0.15, -0.1) is 0 Å². The number of hydrogen-bond acceptors (Lipinski definition) is 7. The molecule has 1 amide bonds. The summed E-state index contributed by atoms with van der Waals surface area (Å²) in [6.45, 7) is 0.847. The van der Waals surface area contributed by atoms with Crippen molar-refractivity contribution in [3.05, 3.63) is 81.4 Å². The Morgan fingerprint density at radius 1 is 1.07 bits per heavy atom. The Bertz CT molecular complexity index is 972. The highest BCUT2D eigenvalue weighted by molar-refractivity contribution is 6.46. The van der Waals surface area contributed by atoms with Crippen molar-refractivity contribution < 1.29 is 24.7 Å². The number of Topliss-reactive ketones (excluding diaryl/α,β-unsaturated/α-hetero) is 1. The molecule has 0 unspecified atom stereocenters. The molecule has 0 saturated carbocycles. The normalized spacial score (nSPS) is 18.0. The minimum Gasteiger partial charge on any atom is -0.507 e. The molecule has 3 rings (SSSR count). The molecule has 1 atom stereocenters. The Labute approximate surface area is 172 Å². The van der Waals surface area contributed by atoms with Crippen LogP contribution in [0.4, 0.5) is 5.69 Å². The topological polar surface area (TPSA) is 133 Å². The second-order valence-corrected chi connectivity index (χ2v) is 6.68. The minimum atomic E-state index is -0.818. The van der Waals surface area contributed by atoms with Crippen LogP contribution in [0.15, 0.2) is 60.2 Å². The summed E-state index contributed by atoms with van der Waals surface area (Å²) in [5.41, 5.74) is 0.643. The van der Waals surface area contributed by atoms with E-state index < -0.39 is 22.7 Å². The Morgan fingerprint density at radius 3 is 2.33 bits per heavy atom. The minimum absolute atomic E-state index is 0.0545. The molecule has 9 heteroatoms. The number of aliphatic hydroxyl groups is 2. The Hall–Kier alpha value is -3.56. The summed E-state index contributed by atoms with van der Waals surface area (Å²) in [6, 6.07) is 13.2. The number of hydrogen-bond donors (Lipinski definition) is 3. The summed E-state index contributed by atoms with van der Waals surface area (Å²) < 4.78 is 0. The number of nitro groups is 1. The number of nitro benzene ring substituents is 1. The van der Waals surface area contributed by atoms with Gasteiger partial charge in [-0.05, 0) is 17.7 Å². The van der Waals surface area contributed by atoms with E-state index in [0.29, 0.717) is 18.7 Å². The van der Waals surface area contributed by atoms with Gasteiger partial charge in [0.15, 0.2) is 0 Å². The second kappa shape index (κ2) is 9.29. The van der Waals surface area contributed by atoms with Gasteiger partial charge in [-0.25, -0.2) is 0 Å². The van der Waals surface area contributed by atoms with Crippen molar-refractivity contribution in [1.82, 2.24) is 10.2 Å². The third kappa shape index (κ3) is 4.22. The Balaban J connectivity index is 2.03. The van der Waals surface area contributed by atoms with Crippen molar-refractivity contribution in [3.63, 3.8) is 0 Å². The fourth-order valence-electron chi connectivity index (χ4n) is 3.39. The van der Waals surface area contributed by atoms with Crippen molar-refractivity contribution in [1.29, 1.82) is 0 Å². The van der Waals surface area contributed by atoms with Crippen LogP contribution in [0.2, 0.25) is 0 Å². The molecule has 1 aliphatic rings. The first kappa shape index (κ1) is 21.2. The van der Waals surface area contributed by atoms with E-state index in [0.717, 1.165) is 0 Å². The molecular weight excluding hydrogens is 390 g/mol. The van der Waals surface area contributed by atoms with Crippen molar-refractivity contribution in [2.75, 3.05) is 26.2 Å². The molecule has 1 heterocycles. The average molecular weight is 411 g/mol. The van der Waals surface area contributed by atoms with E-state index in [1.165, 1.54) is 29.2 Å². The van der Waals surface area contributed by atoms with Gasteiger partial charge in [-0.1, -0.05) is 30.3 Å². The number of amides is 1. The lowest BCUT2D eigenvalue weighted by Gasteiger charge is -2.25. The Kier molecular flexibility index (Phi) is 6.55. The van der Waals surface area contributed by atoms with Gasteiger partial charge in [0.1, 0.15) is 5.76 Å². The molecule has 2 aromatic carbocycles. The number of ketones is 1. The maximum Gasteiger partial charge on any atom is 0.295 e. The monoisotopic (exact) mass is 411 g/mol. The third-order valence-electron chi connectivity index (χ3n) is 4.82. The molecule has 30 heavy (non-hydrogen) atoms. The van der Waals surface area contributed by atoms with E-state index in [1.807, 2.05) is 0 Å². The van der Waals surface area contributed by atoms with Gasteiger partial charge in [-0.2, -0.15) is 0 Å². The lowest BCUT2D eigenvalue weighted by molar-refractivity contribution is -0.384. The van der Waals surface area contributed by atoms with Crippen LogP contribution in [0.1, 0.15) is 17.2 Å². The number of nitrogens with zero attached hydrogens (tertiary/aromatic N) is 2. The standard InChI is InChI=1S/C21H21N3O6/c25-13-11-22-10-12-23-18(14-4-2-1-3-5-14)17(20(27)21(23)28)19(26)15-6-8-16(9-7-15)24(29)30/h1-9,18,22,25-26H,10-13H2/t18-/m1/s1. The van der Waals surface area contributed by atoms with Gasteiger partial charge in [0.25, 0.3) is 17.4 Å². The molecule has 1 fully saturated rings. The van der Waals surface area contributed by atoms with Crippen molar-refractivity contribution in [3.8, 4) is 0 Å². The summed E-state index contributed by atoms with van der Waals surface area (Å²) in [6.07, 6.45) is 0. The zero-order valence-corrected chi connectivity index (χ0v) is 16.0. The lowest BCUT2D eigenvalue weighted by Crippen LogP contribution is -2.36. The van der Waals surface area contributed by atoms with E-state index in [4.69, 9.17) is 5.11 Å². The molecule has 9 nitrogen and oxygen atoms in total. The zero-order chi connectivity index (χ0) is 21.7. The average Bonchev–Trinajstić information content (AvgIpc) is 3.01. The molecule has 2 aromatic rings. The van der Waals surface area contributed by atoms with Gasteiger partial charge in [0.05, 0.1) is 23.1 Å². The van der Waals surface area contributed by atoms with Crippen molar-refractivity contribution in [2.45, 2.75) is 6.04 Å². The van der Waals surface area contributed by atoms with Gasteiger partial charge in [0.2, 0.25) is 0 Å². The maximum atomic E-state index is 12.8. The van der Waals surface area contributed by atoms with Crippen LogP contribution in [-0.4, -0.2) is 58.0 Å². The largest absolute Gasteiger partial charge is 0.507 e. The van der Waals surface area contributed by atoms with E-state index in [9.17, 15) is 24.8 Å². The van der Waals surface area contributed by atoms with Crippen LogP contribution >= 0.6 is 0 Å². The summed E-state index contributed by atoms with van der Waals surface area (Å²) >= 11 is 0. The summed E-state index contributed by atoms with van der Waals surface area (Å²) in [5, 5.41) is 33.6. The fourth-order valence-corrected chi connectivity index (χ4v) is 3.39. The number of nitrogens with one attached hydrogen (secondary N) is 1. The molecular formula is C21H21N3O6. The van der Waals surface area contributed by atoms with Crippen molar-refractivity contribution >= 4 is 23.1 Å². The predicted molar refractivity (Wildman–Crippen MR) is 109 cm³/mol. The van der Waals surface area contributed by atoms with Gasteiger partial charge >= 0.3 is 0 Å². The Morgan fingerprint density at radius 2 is 1.73 bits per heavy atom. The van der Waals surface area contributed by atoms with E-state index in [1.54, 1.807) is 30.3 Å². The number of carbonyl (C=O) groups excluding carboxylic acids is 2. The molecule has 0 radical (unpaired) electrons. The van der Waals surface area contributed by atoms with Crippen LogP contribution in [0.5, 0.6) is 0 Å². The van der Waals surface area contributed by atoms with Crippen LogP contribution in [0.3, 0.4) is 0 Å². The number of non-ortho nitro benzene ring substituents is 1. The molecule has 1 aliphatic heterocycles. The van der Waals surface area contributed by atoms with Crippen molar-refractivity contribution in [2.24, 2.45) is 0 Å². The number of aliphatic hydroxyl groups excluding tert-OH is 2. The number of rotatable bonds is 8. The first-order valence-corrected chi connectivity index (χ1v) is 9.35. The molecule has 1 saturated heterocycles. The first-order chi connectivity index (χ1) is 14.5. The number of benzene rings is 2. The van der Waals surface area contributed by atoms with Crippen LogP contribution in [-0.2, 0) is 9.59 Å².